The molecule has 1 amide bonds. The van der Waals surface area contributed by atoms with Crippen LogP contribution in [-0.4, -0.2) is 43.1 Å². The number of hydrogen-bond donors (Lipinski definition) is 3. The Morgan fingerprint density at radius 1 is 1.14 bits per heavy atom. The van der Waals surface area contributed by atoms with Crippen molar-refractivity contribution < 1.29 is 9.53 Å². The van der Waals surface area contributed by atoms with Crippen LogP contribution in [0.25, 0.3) is 0 Å². The first-order valence-electron chi connectivity index (χ1n) is 10.2. The van der Waals surface area contributed by atoms with E-state index in [1.54, 1.807) is 24.5 Å². The quantitative estimate of drug-likeness (QED) is 0.327. The van der Waals surface area contributed by atoms with E-state index in [9.17, 15) is 4.79 Å². The summed E-state index contributed by atoms with van der Waals surface area (Å²) in [5.41, 5.74) is 1.62. The van der Waals surface area contributed by atoms with Crippen LogP contribution in [-0.2, 0) is 6.54 Å². The third kappa shape index (κ3) is 7.10. The number of amides is 1. The van der Waals surface area contributed by atoms with Crippen molar-refractivity contribution in [2.45, 2.75) is 26.3 Å². The molecule has 0 atom stereocenters. The number of ether oxygens (including phenoxy) is 1. The van der Waals surface area contributed by atoms with Crippen LogP contribution in [0.3, 0.4) is 0 Å². The van der Waals surface area contributed by atoms with Gasteiger partial charge in [-0.3, -0.25) is 9.78 Å². The van der Waals surface area contributed by atoms with Gasteiger partial charge in [-0.2, -0.15) is 0 Å². The fourth-order valence-corrected chi connectivity index (χ4v) is 2.73. The normalized spacial score (nSPS) is 13.6. The van der Waals surface area contributed by atoms with Crippen LogP contribution >= 0.6 is 0 Å². The molecular weight excluding hydrogens is 366 g/mol. The predicted molar refractivity (Wildman–Crippen MR) is 114 cm³/mol. The average molecular weight is 396 g/mol. The van der Waals surface area contributed by atoms with Crippen molar-refractivity contribution in [1.29, 1.82) is 0 Å². The second-order valence-electron chi connectivity index (χ2n) is 6.98. The molecule has 3 N–H and O–H groups in total. The lowest BCUT2D eigenvalue weighted by Crippen LogP contribution is -2.41. The van der Waals surface area contributed by atoms with Crippen molar-refractivity contribution in [1.82, 2.24) is 20.9 Å². The van der Waals surface area contributed by atoms with Gasteiger partial charge in [0.25, 0.3) is 5.91 Å². The first-order chi connectivity index (χ1) is 14.3. The largest absolute Gasteiger partial charge is 0.493 e. The molecule has 1 aromatic carbocycles. The van der Waals surface area contributed by atoms with E-state index in [4.69, 9.17) is 4.74 Å². The van der Waals surface area contributed by atoms with E-state index >= 15 is 0 Å². The number of nitrogens with one attached hydrogen (secondary N) is 3. The number of guanidine groups is 1. The molecule has 0 aliphatic heterocycles. The summed E-state index contributed by atoms with van der Waals surface area (Å²) in [4.78, 5) is 20.6. The standard InChI is InChI=1S/C22H29N5O2/c1-2-24-22(26-13-12-25-21(28)19-7-5-11-23-14-19)27-15-18-6-3-4-8-20(18)29-16-17-9-10-17/h3-8,11,14,17H,2,9-10,12-13,15-16H2,1H3,(H,25,28)(H2,24,26,27). The molecule has 29 heavy (non-hydrogen) atoms. The van der Waals surface area contributed by atoms with Gasteiger partial charge >= 0.3 is 0 Å². The van der Waals surface area contributed by atoms with Crippen LogP contribution in [0.4, 0.5) is 0 Å². The third-order valence-electron chi connectivity index (χ3n) is 4.52. The van der Waals surface area contributed by atoms with Crippen LogP contribution < -0.4 is 20.7 Å². The molecule has 7 heteroatoms. The van der Waals surface area contributed by atoms with Crippen molar-refractivity contribution in [3.05, 3.63) is 59.9 Å². The highest BCUT2D eigenvalue weighted by molar-refractivity contribution is 5.93. The first-order valence-corrected chi connectivity index (χ1v) is 10.2. The lowest BCUT2D eigenvalue weighted by molar-refractivity contribution is 0.0954. The van der Waals surface area contributed by atoms with Crippen molar-refractivity contribution in [3.8, 4) is 5.75 Å². The number of carbonyl (C=O) groups is 1. The Bertz CT molecular complexity index is 806. The maximum absolute atomic E-state index is 12.0. The zero-order valence-electron chi connectivity index (χ0n) is 16.9. The first kappa shape index (κ1) is 20.6. The highest BCUT2D eigenvalue weighted by Crippen LogP contribution is 2.30. The van der Waals surface area contributed by atoms with Gasteiger partial charge < -0.3 is 20.7 Å². The Hall–Kier alpha value is -3.09. The number of benzene rings is 1. The number of rotatable bonds is 10. The zero-order chi connectivity index (χ0) is 20.3. The van der Waals surface area contributed by atoms with Crippen molar-refractivity contribution >= 4 is 11.9 Å². The van der Waals surface area contributed by atoms with Crippen LogP contribution in [0.1, 0.15) is 35.7 Å². The van der Waals surface area contributed by atoms with Crippen molar-refractivity contribution in [3.63, 3.8) is 0 Å². The number of para-hydroxylation sites is 1. The summed E-state index contributed by atoms with van der Waals surface area (Å²) in [7, 11) is 0. The minimum Gasteiger partial charge on any atom is -0.493 e. The molecule has 154 valence electrons. The molecule has 1 fully saturated rings. The molecule has 0 saturated heterocycles. The summed E-state index contributed by atoms with van der Waals surface area (Å²) in [6.45, 7) is 5.15. The minimum absolute atomic E-state index is 0.136. The Balaban J connectivity index is 1.47. The molecule has 3 rings (SSSR count). The molecule has 0 unspecified atom stereocenters. The Morgan fingerprint density at radius 3 is 2.72 bits per heavy atom. The number of nitrogens with zero attached hydrogens (tertiary/aromatic N) is 2. The molecular formula is C22H29N5O2. The van der Waals surface area contributed by atoms with Crippen LogP contribution in [0.2, 0.25) is 0 Å². The number of carbonyl (C=O) groups excluding carboxylic acids is 1. The average Bonchev–Trinajstić information content (AvgIpc) is 3.59. The summed E-state index contributed by atoms with van der Waals surface area (Å²) in [6.07, 6.45) is 5.74. The molecule has 0 spiro atoms. The molecule has 1 aliphatic rings. The van der Waals surface area contributed by atoms with Gasteiger partial charge in [-0.05, 0) is 43.9 Å². The van der Waals surface area contributed by atoms with Gasteiger partial charge in [-0.15, -0.1) is 0 Å². The number of pyridine rings is 1. The van der Waals surface area contributed by atoms with Crippen LogP contribution in [0.15, 0.2) is 53.8 Å². The van der Waals surface area contributed by atoms with E-state index in [0.717, 1.165) is 24.5 Å². The smallest absolute Gasteiger partial charge is 0.252 e. The highest BCUT2D eigenvalue weighted by atomic mass is 16.5. The minimum atomic E-state index is -0.136. The summed E-state index contributed by atoms with van der Waals surface area (Å²) in [5.74, 6) is 2.19. The molecule has 2 aromatic rings. The summed E-state index contributed by atoms with van der Waals surface area (Å²) >= 11 is 0. The SMILES string of the molecule is CCNC(=NCc1ccccc1OCC1CC1)NCCNC(=O)c1cccnc1. The van der Waals surface area contributed by atoms with Gasteiger partial charge in [-0.25, -0.2) is 4.99 Å². The van der Waals surface area contributed by atoms with Gasteiger partial charge in [0.2, 0.25) is 0 Å². The molecule has 0 radical (unpaired) electrons. The van der Waals surface area contributed by atoms with Gasteiger partial charge in [0.15, 0.2) is 5.96 Å². The van der Waals surface area contributed by atoms with Gasteiger partial charge in [0.05, 0.1) is 18.7 Å². The van der Waals surface area contributed by atoms with E-state index in [1.807, 2.05) is 31.2 Å². The molecule has 1 aromatic heterocycles. The van der Waals surface area contributed by atoms with Crippen molar-refractivity contribution in [2.75, 3.05) is 26.2 Å². The molecule has 1 saturated carbocycles. The number of hydrogen-bond acceptors (Lipinski definition) is 4. The molecule has 1 heterocycles. The van der Waals surface area contributed by atoms with Crippen LogP contribution in [0.5, 0.6) is 5.75 Å². The van der Waals surface area contributed by atoms with E-state index < -0.39 is 0 Å². The third-order valence-corrected chi connectivity index (χ3v) is 4.52. The van der Waals surface area contributed by atoms with E-state index in [1.165, 1.54) is 12.8 Å². The Kier molecular flexibility index (Phi) is 7.86. The maximum atomic E-state index is 12.0. The number of aliphatic imine (C=N–C) groups is 1. The van der Waals surface area contributed by atoms with E-state index in [2.05, 4.69) is 25.9 Å². The lowest BCUT2D eigenvalue weighted by atomic mass is 10.2. The number of aromatic nitrogens is 1. The second kappa shape index (κ2) is 11.0. The van der Waals surface area contributed by atoms with E-state index in [0.29, 0.717) is 37.1 Å². The maximum Gasteiger partial charge on any atom is 0.252 e. The lowest BCUT2D eigenvalue weighted by Gasteiger charge is -2.13. The monoisotopic (exact) mass is 395 g/mol. The van der Waals surface area contributed by atoms with E-state index in [-0.39, 0.29) is 5.91 Å². The van der Waals surface area contributed by atoms with Crippen molar-refractivity contribution in [2.24, 2.45) is 10.9 Å². The molecule has 1 aliphatic carbocycles. The Labute approximate surface area is 172 Å². The Morgan fingerprint density at radius 2 is 1.97 bits per heavy atom. The summed E-state index contributed by atoms with van der Waals surface area (Å²) in [6, 6.07) is 11.5. The fraction of sp³-hybridized carbons (Fsp3) is 0.409. The highest BCUT2D eigenvalue weighted by Gasteiger charge is 2.22. The molecule has 0 bridgehead atoms. The van der Waals surface area contributed by atoms with Gasteiger partial charge in [0.1, 0.15) is 5.75 Å². The topological polar surface area (TPSA) is 87.6 Å². The summed E-state index contributed by atoms with van der Waals surface area (Å²) < 4.78 is 5.96. The van der Waals surface area contributed by atoms with Gasteiger partial charge in [-0.1, -0.05) is 18.2 Å². The second-order valence-corrected chi connectivity index (χ2v) is 6.98. The summed E-state index contributed by atoms with van der Waals surface area (Å²) in [5, 5.41) is 9.34. The fourth-order valence-electron chi connectivity index (χ4n) is 2.73. The van der Waals surface area contributed by atoms with Gasteiger partial charge in [0, 0.05) is 37.6 Å². The van der Waals surface area contributed by atoms with Crippen LogP contribution in [0, 0.1) is 5.92 Å². The zero-order valence-corrected chi connectivity index (χ0v) is 16.9. The predicted octanol–water partition coefficient (Wildman–Crippen LogP) is 2.36. The molecule has 7 nitrogen and oxygen atoms in total.